The third-order valence-electron chi connectivity index (χ3n) is 4.20. The molecule has 0 aliphatic carbocycles. The zero-order chi connectivity index (χ0) is 16.4. The highest BCUT2D eigenvalue weighted by molar-refractivity contribution is 5.94. The van der Waals surface area contributed by atoms with Gasteiger partial charge in [-0.2, -0.15) is 0 Å². The number of halogens is 3. The number of benzene rings is 2. The first-order valence-electron chi connectivity index (χ1n) is 7.04. The molecule has 1 aliphatic heterocycles. The van der Waals surface area contributed by atoms with Crippen molar-refractivity contribution < 1.29 is 23.0 Å². The number of rotatable bonds is 1. The van der Waals surface area contributed by atoms with E-state index in [0.717, 1.165) is 6.07 Å². The molecule has 1 aliphatic rings. The third kappa shape index (κ3) is 1.88. The smallest absolute Gasteiger partial charge is 0.157 e. The molecule has 3 aromatic rings. The number of hydrogen-bond donors (Lipinski definition) is 2. The lowest BCUT2D eigenvalue weighted by molar-refractivity contribution is 0.0205. The summed E-state index contributed by atoms with van der Waals surface area (Å²) < 4.78 is 47.0. The molecule has 0 saturated carbocycles. The van der Waals surface area contributed by atoms with Gasteiger partial charge in [-0.25, -0.2) is 13.2 Å². The van der Waals surface area contributed by atoms with Crippen LogP contribution >= 0.6 is 0 Å². The molecule has 0 unspecified atom stereocenters. The Kier molecular flexibility index (Phi) is 2.78. The maximum Gasteiger partial charge on any atom is 0.157 e. The predicted molar refractivity (Wildman–Crippen MR) is 78.7 cm³/mol. The van der Waals surface area contributed by atoms with Gasteiger partial charge in [0, 0.05) is 28.6 Å². The largest absolute Gasteiger partial charge is 0.480 e. The quantitative estimate of drug-likeness (QED) is 0.715. The number of H-pyrrole nitrogens is 1. The van der Waals surface area contributed by atoms with Gasteiger partial charge in [-0.15, -0.1) is 0 Å². The van der Waals surface area contributed by atoms with Crippen LogP contribution in [0.4, 0.5) is 13.2 Å². The fourth-order valence-electron chi connectivity index (χ4n) is 3.16. The van der Waals surface area contributed by atoms with Gasteiger partial charge in [0.25, 0.3) is 0 Å². The van der Waals surface area contributed by atoms with E-state index in [1.807, 2.05) is 0 Å². The van der Waals surface area contributed by atoms with Gasteiger partial charge in [0.05, 0.1) is 17.8 Å². The van der Waals surface area contributed by atoms with Crippen LogP contribution in [0.2, 0.25) is 0 Å². The number of aliphatic hydroxyl groups is 1. The van der Waals surface area contributed by atoms with Gasteiger partial charge in [-0.3, -0.25) is 0 Å². The van der Waals surface area contributed by atoms with Crippen molar-refractivity contribution >= 4 is 10.9 Å². The maximum atomic E-state index is 14.1. The van der Waals surface area contributed by atoms with E-state index >= 15 is 0 Å². The molecule has 1 atom stereocenters. The van der Waals surface area contributed by atoms with Crippen molar-refractivity contribution in [3.63, 3.8) is 0 Å². The lowest BCUT2D eigenvalue weighted by Crippen LogP contribution is -2.36. The Morgan fingerprint density at radius 3 is 2.65 bits per heavy atom. The molecular formula is C17H12F3NO2. The first-order chi connectivity index (χ1) is 10.9. The summed E-state index contributed by atoms with van der Waals surface area (Å²) in [6.07, 6.45) is 0. The second-order valence-electron chi connectivity index (χ2n) is 5.82. The molecule has 1 aromatic heterocycles. The van der Waals surface area contributed by atoms with Crippen LogP contribution in [0.1, 0.15) is 12.5 Å². The van der Waals surface area contributed by atoms with E-state index in [1.165, 1.54) is 24.3 Å². The highest BCUT2D eigenvalue weighted by atomic mass is 19.1. The molecule has 0 fully saturated rings. The van der Waals surface area contributed by atoms with Crippen molar-refractivity contribution in [3.8, 4) is 17.0 Å². The van der Waals surface area contributed by atoms with Gasteiger partial charge in [0.15, 0.2) is 5.60 Å². The molecule has 2 heterocycles. The van der Waals surface area contributed by atoms with E-state index in [9.17, 15) is 18.3 Å². The summed E-state index contributed by atoms with van der Waals surface area (Å²) in [7, 11) is 0. The van der Waals surface area contributed by atoms with Crippen LogP contribution in [0, 0.1) is 17.5 Å². The summed E-state index contributed by atoms with van der Waals surface area (Å²) in [5, 5.41) is 10.1. The number of nitrogens with one attached hydrogen (secondary N) is 1. The Morgan fingerprint density at radius 2 is 1.91 bits per heavy atom. The first-order valence-corrected chi connectivity index (χ1v) is 7.04. The lowest BCUT2D eigenvalue weighted by atomic mass is 9.88. The number of fused-ring (bicyclic) bond motifs is 5. The summed E-state index contributed by atoms with van der Waals surface area (Å²) in [5.74, 6) is -1.71. The number of hydrogen-bond acceptors (Lipinski definition) is 2. The molecule has 2 aromatic carbocycles. The summed E-state index contributed by atoms with van der Waals surface area (Å²) >= 11 is 0. The summed E-state index contributed by atoms with van der Waals surface area (Å²) in [6, 6.07) is 5.95. The van der Waals surface area contributed by atoms with E-state index in [4.69, 9.17) is 4.74 Å². The minimum Gasteiger partial charge on any atom is -0.480 e. The highest BCUT2D eigenvalue weighted by Gasteiger charge is 2.40. The average Bonchev–Trinajstić information content (AvgIpc) is 2.88. The fourth-order valence-corrected chi connectivity index (χ4v) is 3.16. The minimum absolute atomic E-state index is 0.122. The van der Waals surface area contributed by atoms with Gasteiger partial charge in [0.2, 0.25) is 0 Å². The van der Waals surface area contributed by atoms with Crippen LogP contribution in [-0.2, 0) is 5.60 Å². The molecule has 6 heteroatoms. The minimum atomic E-state index is -1.24. The van der Waals surface area contributed by atoms with Gasteiger partial charge in [0.1, 0.15) is 23.2 Å². The van der Waals surface area contributed by atoms with E-state index < -0.39 is 29.7 Å². The number of aliphatic hydroxyl groups excluding tert-OH is 1. The molecule has 0 radical (unpaired) electrons. The zero-order valence-corrected chi connectivity index (χ0v) is 12.1. The molecule has 23 heavy (non-hydrogen) atoms. The number of ether oxygens (including phenoxy) is 1. The van der Waals surface area contributed by atoms with Crippen LogP contribution in [0.25, 0.3) is 22.2 Å². The Bertz CT molecular complexity index is 951. The van der Waals surface area contributed by atoms with E-state index in [2.05, 4.69) is 4.98 Å². The van der Waals surface area contributed by atoms with Gasteiger partial charge >= 0.3 is 0 Å². The monoisotopic (exact) mass is 319 g/mol. The van der Waals surface area contributed by atoms with Crippen LogP contribution in [-0.4, -0.2) is 16.7 Å². The van der Waals surface area contributed by atoms with Gasteiger partial charge < -0.3 is 14.8 Å². The van der Waals surface area contributed by atoms with E-state index in [-0.39, 0.29) is 11.3 Å². The maximum absolute atomic E-state index is 14.1. The van der Waals surface area contributed by atoms with Gasteiger partial charge in [-0.1, -0.05) is 0 Å². The highest BCUT2D eigenvalue weighted by Crippen LogP contribution is 2.48. The molecule has 2 N–H and O–H groups in total. The van der Waals surface area contributed by atoms with E-state index in [0.29, 0.717) is 22.2 Å². The van der Waals surface area contributed by atoms with Crippen molar-refractivity contribution in [2.45, 2.75) is 12.5 Å². The SMILES string of the molecule is C[C@@]1(CO)Oc2cc(F)ccc2-c2[nH]c3c(F)cc(F)cc3c21. The second-order valence-corrected chi connectivity index (χ2v) is 5.82. The van der Waals surface area contributed by atoms with Crippen LogP contribution in [0.5, 0.6) is 5.75 Å². The summed E-state index contributed by atoms with van der Waals surface area (Å²) in [4.78, 5) is 2.92. The van der Waals surface area contributed by atoms with Crippen molar-refractivity contribution in [2.75, 3.05) is 6.61 Å². The Balaban J connectivity index is 2.14. The van der Waals surface area contributed by atoms with Crippen molar-refractivity contribution in [2.24, 2.45) is 0 Å². The molecule has 3 nitrogen and oxygen atoms in total. The Labute approximate surface area is 129 Å². The second kappa shape index (κ2) is 4.52. The predicted octanol–water partition coefficient (Wildman–Crippen LogP) is 3.85. The lowest BCUT2D eigenvalue weighted by Gasteiger charge is -2.34. The average molecular weight is 319 g/mol. The topological polar surface area (TPSA) is 45.2 Å². The molecule has 118 valence electrons. The molecule has 0 saturated heterocycles. The molecule has 0 amide bonds. The van der Waals surface area contributed by atoms with E-state index in [1.54, 1.807) is 6.92 Å². The molecule has 4 rings (SSSR count). The number of aromatic nitrogens is 1. The Hall–Kier alpha value is -2.47. The fraction of sp³-hybridized carbons (Fsp3) is 0.176. The number of aromatic amines is 1. The van der Waals surface area contributed by atoms with Crippen molar-refractivity contribution in [1.82, 2.24) is 4.98 Å². The van der Waals surface area contributed by atoms with Crippen molar-refractivity contribution in [1.29, 1.82) is 0 Å². The summed E-state index contributed by atoms with van der Waals surface area (Å²) in [5.41, 5.74) is 0.351. The Morgan fingerprint density at radius 1 is 1.13 bits per heavy atom. The van der Waals surface area contributed by atoms with Crippen LogP contribution in [0.15, 0.2) is 30.3 Å². The van der Waals surface area contributed by atoms with Crippen molar-refractivity contribution in [3.05, 3.63) is 53.3 Å². The standard InChI is InChI=1S/C17H12F3NO2/c1-17(7-22)14-11-4-9(19)5-12(20)15(11)21-16(14)10-3-2-8(18)6-13(10)23-17/h2-6,21-22H,7H2,1H3/t17-/m0/s1. The molecule has 0 spiro atoms. The van der Waals surface area contributed by atoms with Gasteiger partial charge in [-0.05, 0) is 25.1 Å². The first kappa shape index (κ1) is 14.1. The summed E-state index contributed by atoms with van der Waals surface area (Å²) in [6.45, 7) is 1.16. The zero-order valence-electron chi connectivity index (χ0n) is 12.1. The van der Waals surface area contributed by atoms with Crippen LogP contribution in [0.3, 0.4) is 0 Å². The van der Waals surface area contributed by atoms with Crippen LogP contribution < -0.4 is 4.74 Å². The molecule has 0 bridgehead atoms. The molecular weight excluding hydrogens is 307 g/mol. The third-order valence-corrected chi connectivity index (χ3v) is 4.20. The normalized spacial score (nSPS) is 19.3.